The van der Waals surface area contributed by atoms with Gasteiger partial charge in [0.2, 0.25) is 5.82 Å². The number of H-pyrrole nitrogens is 1. The van der Waals surface area contributed by atoms with E-state index in [1.54, 1.807) is 4.98 Å². The summed E-state index contributed by atoms with van der Waals surface area (Å²) in [5, 5.41) is 19.2. The quantitative estimate of drug-likeness (QED) is 0.651. The van der Waals surface area contributed by atoms with Crippen molar-refractivity contribution in [3.8, 4) is 0 Å². The van der Waals surface area contributed by atoms with Gasteiger partial charge in [-0.1, -0.05) is 0 Å². The number of halogens is 2. The SMILES string of the molecule is CC1(O)[C@@H](CO)OC(n2cc(F)c(=O)[nH]c2=O)[C@@]1(C)F. The van der Waals surface area contributed by atoms with Crippen LogP contribution in [0.15, 0.2) is 15.8 Å². The van der Waals surface area contributed by atoms with Crippen LogP contribution < -0.4 is 11.2 Å². The summed E-state index contributed by atoms with van der Waals surface area (Å²) in [5.41, 5.74) is -6.91. The van der Waals surface area contributed by atoms with Crippen molar-refractivity contribution in [3.63, 3.8) is 0 Å². The normalized spacial score (nSPS) is 37.3. The summed E-state index contributed by atoms with van der Waals surface area (Å²) in [6.07, 6.45) is -2.49. The van der Waals surface area contributed by atoms with Crippen molar-refractivity contribution in [2.75, 3.05) is 6.61 Å². The Balaban J connectivity index is 2.57. The molecule has 0 radical (unpaired) electrons. The van der Waals surface area contributed by atoms with Crippen molar-refractivity contribution >= 4 is 0 Å². The molecule has 1 aromatic rings. The molecule has 1 aromatic heterocycles. The third-order valence-electron chi connectivity index (χ3n) is 3.72. The number of hydrogen-bond donors (Lipinski definition) is 3. The maximum absolute atomic E-state index is 14.7. The molecule has 0 bridgehead atoms. The summed E-state index contributed by atoms with van der Waals surface area (Å²) in [7, 11) is 0. The molecule has 7 nitrogen and oxygen atoms in total. The van der Waals surface area contributed by atoms with Gasteiger partial charge < -0.3 is 14.9 Å². The summed E-state index contributed by atoms with van der Waals surface area (Å²) in [6, 6.07) is 0. The molecule has 112 valence electrons. The number of hydrogen-bond acceptors (Lipinski definition) is 5. The van der Waals surface area contributed by atoms with Crippen LogP contribution >= 0.6 is 0 Å². The zero-order valence-corrected chi connectivity index (χ0v) is 10.8. The Labute approximate surface area is 111 Å². The molecule has 0 aromatic carbocycles. The van der Waals surface area contributed by atoms with E-state index in [4.69, 9.17) is 9.84 Å². The van der Waals surface area contributed by atoms with Crippen molar-refractivity contribution < 1.29 is 23.7 Å². The van der Waals surface area contributed by atoms with E-state index in [0.29, 0.717) is 10.8 Å². The van der Waals surface area contributed by atoms with Crippen LogP contribution in [-0.4, -0.2) is 43.7 Å². The highest BCUT2D eigenvalue weighted by molar-refractivity contribution is 5.09. The number of nitrogens with zero attached hydrogens (tertiary/aromatic N) is 1. The van der Waals surface area contributed by atoms with E-state index in [-0.39, 0.29) is 0 Å². The number of aliphatic hydroxyl groups is 2. The Hall–Kier alpha value is -1.58. The van der Waals surface area contributed by atoms with Gasteiger partial charge in [-0.15, -0.1) is 0 Å². The van der Waals surface area contributed by atoms with Gasteiger partial charge in [-0.05, 0) is 13.8 Å². The van der Waals surface area contributed by atoms with Crippen LogP contribution in [0.3, 0.4) is 0 Å². The first-order valence-corrected chi connectivity index (χ1v) is 5.81. The molecule has 1 aliphatic heterocycles. The van der Waals surface area contributed by atoms with Crippen molar-refractivity contribution in [2.24, 2.45) is 0 Å². The van der Waals surface area contributed by atoms with Crippen molar-refractivity contribution in [2.45, 2.75) is 37.4 Å². The zero-order chi connectivity index (χ0) is 15.3. The maximum Gasteiger partial charge on any atom is 0.330 e. The van der Waals surface area contributed by atoms with Crippen molar-refractivity contribution in [1.29, 1.82) is 0 Å². The Morgan fingerprint density at radius 1 is 1.50 bits per heavy atom. The van der Waals surface area contributed by atoms with Gasteiger partial charge in [-0.2, -0.15) is 4.39 Å². The molecule has 3 N–H and O–H groups in total. The maximum atomic E-state index is 14.7. The minimum absolute atomic E-state index is 0.500. The Bertz CT molecular complexity index is 636. The average molecular weight is 292 g/mol. The predicted octanol–water partition coefficient (Wildman–Crippen LogP) is -0.955. The molecule has 1 aliphatic rings. The van der Waals surface area contributed by atoms with E-state index >= 15 is 0 Å². The lowest BCUT2D eigenvalue weighted by Gasteiger charge is -2.32. The number of nitrogens with one attached hydrogen (secondary N) is 1. The van der Waals surface area contributed by atoms with E-state index in [0.717, 1.165) is 13.8 Å². The average Bonchev–Trinajstić information content (AvgIpc) is 2.52. The van der Waals surface area contributed by atoms with E-state index in [1.807, 2.05) is 0 Å². The Kier molecular flexibility index (Phi) is 3.31. The molecule has 4 atom stereocenters. The zero-order valence-electron chi connectivity index (χ0n) is 10.8. The van der Waals surface area contributed by atoms with E-state index < -0.39 is 47.3 Å². The predicted molar refractivity (Wildman–Crippen MR) is 62.4 cm³/mol. The first-order valence-electron chi connectivity index (χ1n) is 5.81. The van der Waals surface area contributed by atoms with Gasteiger partial charge in [0.1, 0.15) is 11.7 Å². The van der Waals surface area contributed by atoms with Gasteiger partial charge in [-0.25, -0.2) is 9.18 Å². The summed E-state index contributed by atoms with van der Waals surface area (Å²) >= 11 is 0. The van der Waals surface area contributed by atoms with Crippen LogP contribution in [0, 0.1) is 5.82 Å². The van der Waals surface area contributed by atoms with Crippen LogP contribution in [0.1, 0.15) is 20.1 Å². The lowest BCUT2D eigenvalue weighted by Crippen LogP contribution is -2.52. The van der Waals surface area contributed by atoms with Gasteiger partial charge in [0.05, 0.1) is 12.8 Å². The molecule has 2 rings (SSSR count). The Morgan fingerprint density at radius 2 is 2.10 bits per heavy atom. The van der Waals surface area contributed by atoms with E-state index in [9.17, 15) is 23.5 Å². The second-order valence-corrected chi connectivity index (χ2v) is 5.03. The molecule has 2 heterocycles. The molecule has 0 amide bonds. The highest BCUT2D eigenvalue weighted by atomic mass is 19.1. The fraction of sp³-hybridized carbons (Fsp3) is 0.636. The number of rotatable bonds is 2. The first kappa shape index (κ1) is 14.8. The van der Waals surface area contributed by atoms with E-state index in [2.05, 4.69) is 0 Å². The summed E-state index contributed by atoms with van der Waals surface area (Å²) in [6.45, 7) is 1.37. The lowest BCUT2D eigenvalue weighted by atomic mass is 9.85. The number of aliphatic hydroxyl groups excluding tert-OH is 1. The van der Waals surface area contributed by atoms with Crippen LogP contribution in [0.4, 0.5) is 8.78 Å². The molecular weight excluding hydrogens is 278 g/mol. The van der Waals surface area contributed by atoms with Crippen LogP contribution in [0.25, 0.3) is 0 Å². The number of ether oxygens (including phenoxy) is 1. The first-order chi connectivity index (χ1) is 9.12. The molecule has 0 aliphatic carbocycles. The standard InChI is InChI=1S/C11H14F2N2O5/c1-10(13)8(20-6(4-16)11(10,2)19)15-3-5(12)7(17)14-9(15)18/h3,6,8,16,19H,4H2,1-2H3,(H,14,17,18)/t6-,8?,10-,11?/m1/s1. The van der Waals surface area contributed by atoms with Gasteiger partial charge in [0, 0.05) is 0 Å². The molecule has 20 heavy (non-hydrogen) atoms. The van der Waals surface area contributed by atoms with Gasteiger partial charge in [0.15, 0.2) is 11.9 Å². The molecule has 0 spiro atoms. The summed E-state index contributed by atoms with van der Waals surface area (Å²) in [5.74, 6) is -1.30. The second kappa shape index (κ2) is 4.47. The van der Waals surface area contributed by atoms with Crippen LogP contribution in [0.2, 0.25) is 0 Å². The minimum Gasteiger partial charge on any atom is -0.394 e. The Morgan fingerprint density at radius 3 is 2.60 bits per heavy atom. The van der Waals surface area contributed by atoms with Crippen LogP contribution in [0.5, 0.6) is 0 Å². The molecule has 1 saturated heterocycles. The highest BCUT2D eigenvalue weighted by Gasteiger charge is 2.63. The second-order valence-electron chi connectivity index (χ2n) is 5.03. The topological polar surface area (TPSA) is 105 Å². The molecule has 9 heteroatoms. The molecular formula is C11H14F2N2O5. The molecule has 1 fully saturated rings. The van der Waals surface area contributed by atoms with Crippen LogP contribution in [-0.2, 0) is 4.74 Å². The fourth-order valence-corrected chi connectivity index (χ4v) is 2.16. The van der Waals surface area contributed by atoms with Crippen molar-refractivity contribution in [3.05, 3.63) is 32.9 Å². The highest BCUT2D eigenvalue weighted by Crippen LogP contribution is 2.47. The summed E-state index contributed by atoms with van der Waals surface area (Å²) < 4.78 is 33.6. The molecule has 2 unspecified atom stereocenters. The lowest BCUT2D eigenvalue weighted by molar-refractivity contribution is -0.0892. The minimum atomic E-state index is -2.49. The number of aromatic nitrogens is 2. The smallest absolute Gasteiger partial charge is 0.330 e. The third-order valence-corrected chi connectivity index (χ3v) is 3.72. The van der Waals surface area contributed by atoms with E-state index in [1.165, 1.54) is 0 Å². The van der Waals surface area contributed by atoms with Crippen molar-refractivity contribution in [1.82, 2.24) is 9.55 Å². The number of aromatic amines is 1. The third kappa shape index (κ3) is 1.89. The molecule has 0 saturated carbocycles. The number of alkyl halides is 1. The van der Waals surface area contributed by atoms with Gasteiger partial charge in [0.25, 0.3) is 5.56 Å². The van der Waals surface area contributed by atoms with Gasteiger partial charge >= 0.3 is 5.69 Å². The monoisotopic (exact) mass is 292 g/mol. The summed E-state index contributed by atoms with van der Waals surface area (Å²) in [4.78, 5) is 24.2. The van der Waals surface area contributed by atoms with Gasteiger partial charge in [-0.3, -0.25) is 14.3 Å². The largest absolute Gasteiger partial charge is 0.394 e. The fourth-order valence-electron chi connectivity index (χ4n) is 2.16.